The molecule has 2 amide bonds. The molecular formula is C18H25N3OS. The van der Waals surface area contributed by atoms with Crippen molar-refractivity contribution >= 4 is 17.4 Å². The highest BCUT2D eigenvalue weighted by atomic mass is 32.1. The van der Waals surface area contributed by atoms with Gasteiger partial charge in [0.15, 0.2) is 0 Å². The van der Waals surface area contributed by atoms with E-state index in [1.165, 1.54) is 0 Å². The molecule has 0 saturated carbocycles. The highest BCUT2D eigenvalue weighted by Crippen LogP contribution is 2.23. The van der Waals surface area contributed by atoms with Gasteiger partial charge in [0.2, 0.25) is 0 Å². The van der Waals surface area contributed by atoms with E-state index in [1.807, 2.05) is 37.4 Å². The zero-order valence-corrected chi connectivity index (χ0v) is 15.1. The Labute approximate surface area is 142 Å². The summed E-state index contributed by atoms with van der Waals surface area (Å²) in [6.45, 7) is 7.69. The number of amides is 2. The monoisotopic (exact) mass is 331 g/mol. The van der Waals surface area contributed by atoms with Gasteiger partial charge >= 0.3 is 6.03 Å². The molecule has 0 unspecified atom stereocenters. The number of urea groups is 1. The molecule has 0 aliphatic carbocycles. The molecule has 0 atom stereocenters. The lowest BCUT2D eigenvalue weighted by Crippen LogP contribution is -2.37. The summed E-state index contributed by atoms with van der Waals surface area (Å²) in [5.41, 5.74) is 2.32. The van der Waals surface area contributed by atoms with Crippen molar-refractivity contribution in [3.05, 3.63) is 52.0 Å². The van der Waals surface area contributed by atoms with Gasteiger partial charge in [-0.25, -0.2) is 9.78 Å². The number of aromatic nitrogens is 1. The molecule has 2 rings (SSSR count). The first kappa shape index (κ1) is 17.5. The molecule has 0 bridgehead atoms. The van der Waals surface area contributed by atoms with E-state index in [0.29, 0.717) is 13.1 Å². The normalized spacial score (nSPS) is 11.3. The molecule has 2 aromatic rings. The van der Waals surface area contributed by atoms with Crippen LogP contribution in [-0.2, 0) is 18.4 Å². The smallest absolute Gasteiger partial charge is 0.317 e. The number of hydrogen-bond acceptors (Lipinski definition) is 3. The number of thiazole rings is 1. The van der Waals surface area contributed by atoms with E-state index in [-0.39, 0.29) is 11.4 Å². The van der Waals surface area contributed by atoms with Crippen LogP contribution in [0.3, 0.4) is 0 Å². The summed E-state index contributed by atoms with van der Waals surface area (Å²) in [7, 11) is 1.81. The Bertz CT molecular complexity index is 631. The largest absolute Gasteiger partial charge is 0.338 e. The SMILES string of the molecule is CN(Cc1ccccc1)C(=O)NCCc1nc(C(C)(C)C)cs1. The van der Waals surface area contributed by atoms with Gasteiger partial charge in [-0.1, -0.05) is 51.1 Å². The molecule has 0 spiro atoms. The molecule has 1 heterocycles. The molecule has 1 aromatic carbocycles. The second-order valence-electron chi connectivity index (χ2n) is 6.70. The molecule has 5 heteroatoms. The summed E-state index contributed by atoms with van der Waals surface area (Å²) >= 11 is 1.66. The Kier molecular flexibility index (Phi) is 5.77. The maximum absolute atomic E-state index is 12.1. The van der Waals surface area contributed by atoms with Crippen LogP contribution >= 0.6 is 11.3 Å². The predicted molar refractivity (Wildman–Crippen MR) is 95.8 cm³/mol. The van der Waals surface area contributed by atoms with Gasteiger partial charge in [0, 0.05) is 37.4 Å². The quantitative estimate of drug-likeness (QED) is 0.905. The van der Waals surface area contributed by atoms with Crippen LogP contribution in [0.4, 0.5) is 4.79 Å². The third-order valence-electron chi connectivity index (χ3n) is 3.54. The number of rotatable bonds is 5. The van der Waals surface area contributed by atoms with Crippen LogP contribution in [0.25, 0.3) is 0 Å². The summed E-state index contributed by atoms with van der Waals surface area (Å²) in [4.78, 5) is 18.4. The highest BCUT2D eigenvalue weighted by Gasteiger charge is 2.17. The lowest BCUT2D eigenvalue weighted by atomic mass is 9.93. The van der Waals surface area contributed by atoms with Crippen molar-refractivity contribution in [1.29, 1.82) is 0 Å². The summed E-state index contributed by atoms with van der Waals surface area (Å²) in [6.07, 6.45) is 0.770. The number of carbonyl (C=O) groups is 1. The van der Waals surface area contributed by atoms with E-state index in [0.717, 1.165) is 22.7 Å². The minimum Gasteiger partial charge on any atom is -0.338 e. The molecule has 1 N–H and O–H groups in total. The number of hydrogen-bond donors (Lipinski definition) is 1. The van der Waals surface area contributed by atoms with E-state index in [4.69, 9.17) is 0 Å². The fourth-order valence-corrected chi connectivity index (χ4v) is 3.14. The summed E-state index contributed by atoms with van der Waals surface area (Å²) in [5, 5.41) is 6.13. The second-order valence-corrected chi connectivity index (χ2v) is 7.64. The van der Waals surface area contributed by atoms with Crippen molar-refractivity contribution in [2.45, 2.75) is 39.2 Å². The number of nitrogens with zero attached hydrogens (tertiary/aromatic N) is 2. The molecule has 0 aliphatic heterocycles. The summed E-state index contributed by atoms with van der Waals surface area (Å²) in [6, 6.07) is 9.93. The van der Waals surface area contributed by atoms with Crippen LogP contribution in [0.5, 0.6) is 0 Å². The van der Waals surface area contributed by atoms with E-state index >= 15 is 0 Å². The maximum Gasteiger partial charge on any atom is 0.317 e. The third-order valence-corrected chi connectivity index (χ3v) is 4.45. The van der Waals surface area contributed by atoms with Gasteiger partial charge in [-0.15, -0.1) is 11.3 Å². The zero-order valence-electron chi connectivity index (χ0n) is 14.3. The molecule has 0 radical (unpaired) electrons. The first-order valence-electron chi connectivity index (χ1n) is 7.84. The number of benzene rings is 1. The minimum absolute atomic E-state index is 0.0542. The van der Waals surface area contributed by atoms with E-state index < -0.39 is 0 Å². The van der Waals surface area contributed by atoms with E-state index in [2.05, 4.69) is 36.5 Å². The Balaban J connectivity index is 1.77. The molecule has 23 heavy (non-hydrogen) atoms. The fraction of sp³-hybridized carbons (Fsp3) is 0.444. The lowest BCUT2D eigenvalue weighted by Gasteiger charge is -2.18. The first-order chi connectivity index (χ1) is 10.9. The molecule has 4 nitrogen and oxygen atoms in total. The number of nitrogens with one attached hydrogen (secondary N) is 1. The molecule has 0 aliphatic rings. The molecule has 124 valence electrons. The van der Waals surface area contributed by atoms with E-state index in [9.17, 15) is 4.79 Å². The van der Waals surface area contributed by atoms with Crippen molar-refractivity contribution in [2.75, 3.05) is 13.6 Å². The van der Waals surface area contributed by atoms with Crippen LogP contribution in [-0.4, -0.2) is 29.5 Å². The second kappa shape index (κ2) is 7.59. The topological polar surface area (TPSA) is 45.2 Å². The van der Waals surface area contributed by atoms with Gasteiger partial charge < -0.3 is 10.2 Å². The van der Waals surface area contributed by atoms with Crippen LogP contribution < -0.4 is 5.32 Å². The summed E-state index contributed by atoms with van der Waals surface area (Å²) < 4.78 is 0. The predicted octanol–water partition coefficient (Wildman–Crippen LogP) is 3.82. The lowest BCUT2D eigenvalue weighted by molar-refractivity contribution is 0.207. The van der Waals surface area contributed by atoms with Crippen molar-refractivity contribution in [2.24, 2.45) is 0 Å². The number of carbonyl (C=O) groups excluding carboxylic acids is 1. The van der Waals surface area contributed by atoms with Gasteiger partial charge in [-0.3, -0.25) is 0 Å². The minimum atomic E-state index is -0.0542. The van der Waals surface area contributed by atoms with Crippen LogP contribution in [0, 0.1) is 0 Å². The van der Waals surface area contributed by atoms with Crippen LogP contribution in [0.2, 0.25) is 0 Å². The van der Waals surface area contributed by atoms with Crippen molar-refractivity contribution < 1.29 is 4.79 Å². The van der Waals surface area contributed by atoms with Gasteiger partial charge in [-0.05, 0) is 5.56 Å². The zero-order chi connectivity index (χ0) is 16.9. The van der Waals surface area contributed by atoms with E-state index in [1.54, 1.807) is 16.2 Å². The van der Waals surface area contributed by atoms with Crippen molar-refractivity contribution in [3.63, 3.8) is 0 Å². The Morgan fingerprint density at radius 2 is 1.96 bits per heavy atom. The molecule has 0 fully saturated rings. The van der Waals surface area contributed by atoms with Crippen LogP contribution in [0.1, 0.15) is 37.0 Å². The molecular weight excluding hydrogens is 306 g/mol. The standard InChI is InChI=1S/C18H25N3OS/c1-18(2,3)15-13-23-16(20-15)10-11-19-17(22)21(4)12-14-8-6-5-7-9-14/h5-9,13H,10-12H2,1-4H3,(H,19,22). The van der Waals surface area contributed by atoms with Crippen molar-refractivity contribution in [3.8, 4) is 0 Å². The van der Waals surface area contributed by atoms with Gasteiger partial charge in [0.05, 0.1) is 10.7 Å². The van der Waals surface area contributed by atoms with Crippen molar-refractivity contribution in [1.82, 2.24) is 15.2 Å². The average Bonchev–Trinajstić information content (AvgIpc) is 2.97. The average molecular weight is 331 g/mol. The Morgan fingerprint density at radius 3 is 2.57 bits per heavy atom. The third kappa shape index (κ3) is 5.36. The van der Waals surface area contributed by atoms with Crippen LogP contribution in [0.15, 0.2) is 35.7 Å². The van der Waals surface area contributed by atoms with Gasteiger partial charge in [-0.2, -0.15) is 0 Å². The molecule has 0 saturated heterocycles. The van der Waals surface area contributed by atoms with Gasteiger partial charge in [0.1, 0.15) is 0 Å². The summed E-state index contributed by atoms with van der Waals surface area (Å²) in [5.74, 6) is 0. The fourth-order valence-electron chi connectivity index (χ4n) is 2.11. The first-order valence-corrected chi connectivity index (χ1v) is 8.72. The maximum atomic E-state index is 12.1. The molecule has 1 aromatic heterocycles. The highest BCUT2D eigenvalue weighted by molar-refractivity contribution is 7.09. The van der Waals surface area contributed by atoms with Gasteiger partial charge in [0.25, 0.3) is 0 Å². The Hall–Kier alpha value is -1.88. The Morgan fingerprint density at radius 1 is 1.26 bits per heavy atom.